The van der Waals surface area contributed by atoms with Crippen molar-refractivity contribution in [1.82, 2.24) is 20.6 Å². The molecule has 0 bridgehead atoms. The molecule has 12 heteroatoms. The number of nitrogens with zero attached hydrogens (tertiary/aromatic N) is 3. The van der Waals surface area contributed by atoms with E-state index in [4.69, 9.17) is 0 Å². The third-order valence-corrected chi connectivity index (χ3v) is 5.20. The maximum absolute atomic E-state index is 13.2. The third-order valence-electron chi connectivity index (χ3n) is 3.27. The van der Waals surface area contributed by atoms with E-state index < -0.39 is 26.7 Å². The highest BCUT2D eigenvalue weighted by atomic mass is 79.9. The summed E-state index contributed by atoms with van der Waals surface area (Å²) < 4.78 is 66.9. The molecule has 0 amide bonds. The maximum atomic E-state index is 13.2. The summed E-state index contributed by atoms with van der Waals surface area (Å²) in [5, 5.41) is 13.0. The second-order valence-electron chi connectivity index (χ2n) is 5.07. The van der Waals surface area contributed by atoms with Crippen LogP contribution in [0.3, 0.4) is 0 Å². The molecular weight excluding hydrogens is 439 g/mol. The van der Waals surface area contributed by atoms with Crippen LogP contribution in [0.2, 0.25) is 0 Å². The van der Waals surface area contributed by atoms with Gasteiger partial charge in [0.05, 0.1) is 10.5 Å². The fraction of sp³-hybridized carbons (Fsp3) is 0.0714. The van der Waals surface area contributed by atoms with Crippen molar-refractivity contribution in [3.05, 3.63) is 52.5 Å². The molecular formula is C14H9BrF3N5O2S. The zero-order valence-corrected chi connectivity index (χ0v) is 15.0. The van der Waals surface area contributed by atoms with Gasteiger partial charge in [0.1, 0.15) is 0 Å². The van der Waals surface area contributed by atoms with Crippen LogP contribution in [0.25, 0.3) is 11.4 Å². The van der Waals surface area contributed by atoms with Gasteiger partial charge in [-0.3, -0.25) is 4.72 Å². The Bertz CT molecular complexity index is 1040. The molecule has 1 aromatic heterocycles. The van der Waals surface area contributed by atoms with E-state index in [0.29, 0.717) is 11.6 Å². The van der Waals surface area contributed by atoms with Gasteiger partial charge in [-0.25, -0.2) is 13.5 Å². The zero-order chi connectivity index (χ0) is 18.9. The van der Waals surface area contributed by atoms with Gasteiger partial charge in [0.15, 0.2) is 5.82 Å². The van der Waals surface area contributed by atoms with Crippen molar-refractivity contribution < 1.29 is 21.6 Å². The van der Waals surface area contributed by atoms with Crippen molar-refractivity contribution >= 4 is 31.6 Å². The number of benzene rings is 2. The first kappa shape index (κ1) is 18.3. The summed E-state index contributed by atoms with van der Waals surface area (Å²) in [4.78, 5) is -0.875. The summed E-state index contributed by atoms with van der Waals surface area (Å²) in [5.74, 6) is 0.283. The average molecular weight is 448 g/mol. The van der Waals surface area contributed by atoms with E-state index in [1.807, 2.05) is 0 Å². The molecule has 7 nitrogen and oxygen atoms in total. The number of anilines is 1. The van der Waals surface area contributed by atoms with Crippen molar-refractivity contribution in [2.45, 2.75) is 11.1 Å². The number of aromatic nitrogens is 4. The van der Waals surface area contributed by atoms with E-state index >= 15 is 0 Å². The average Bonchev–Trinajstić information content (AvgIpc) is 3.08. The van der Waals surface area contributed by atoms with Gasteiger partial charge in [-0.15, -0.1) is 5.10 Å². The Hall–Kier alpha value is -2.47. The quantitative estimate of drug-likeness (QED) is 0.637. The summed E-state index contributed by atoms with van der Waals surface area (Å²) in [6.45, 7) is 0. The van der Waals surface area contributed by atoms with Gasteiger partial charge in [-0.1, -0.05) is 28.1 Å². The smallest absolute Gasteiger partial charge is 0.280 e. The molecule has 3 aromatic rings. The lowest BCUT2D eigenvalue weighted by Crippen LogP contribution is -2.19. The van der Waals surface area contributed by atoms with Crippen molar-refractivity contribution in [3.63, 3.8) is 0 Å². The second-order valence-corrected chi connectivity index (χ2v) is 7.64. The van der Waals surface area contributed by atoms with E-state index in [1.165, 1.54) is 24.3 Å². The molecule has 136 valence electrons. The van der Waals surface area contributed by atoms with Gasteiger partial charge in [-0.2, -0.15) is 13.2 Å². The minimum atomic E-state index is -4.83. The Balaban J connectivity index is 2.00. The van der Waals surface area contributed by atoms with Gasteiger partial charge in [0, 0.05) is 15.7 Å². The van der Waals surface area contributed by atoms with E-state index in [0.717, 1.165) is 6.07 Å². The molecule has 0 aliphatic heterocycles. The molecule has 0 unspecified atom stereocenters. The number of sulfonamides is 1. The van der Waals surface area contributed by atoms with E-state index in [2.05, 4.69) is 41.3 Å². The number of alkyl halides is 3. The van der Waals surface area contributed by atoms with Crippen LogP contribution >= 0.6 is 15.9 Å². The second kappa shape index (κ2) is 6.68. The first-order chi connectivity index (χ1) is 12.2. The van der Waals surface area contributed by atoms with E-state index in [1.54, 1.807) is 6.07 Å². The van der Waals surface area contributed by atoms with Crippen LogP contribution in [0.15, 0.2) is 51.8 Å². The number of aromatic amines is 1. The van der Waals surface area contributed by atoms with Crippen LogP contribution in [-0.4, -0.2) is 29.0 Å². The molecule has 0 aliphatic carbocycles. The Labute approximate surface area is 153 Å². The van der Waals surface area contributed by atoms with Crippen molar-refractivity contribution in [2.75, 3.05) is 4.72 Å². The van der Waals surface area contributed by atoms with Crippen LogP contribution in [-0.2, 0) is 16.2 Å². The minimum Gasteiger partial charge on any atom is -0.280 e. The molecule has 1 heterocycles. The molecule has 0 saturated heterocycles. The van der Waals surface area contributed by atoms with Crippen molar-refractivity contribution in [1.29, 1.82) is 0 Å². The lowest BCUT2D eigenvalue weighted by atomic mass is 10.2. The number of halogens is 4. The van der Waals surface area contributed by atoms with Crippen LogP contribution in [0.1, 0.15) is 5.56 Å². The molecule has 0 aliphatic rings. The largest absolute Gasteiger partial charge is 0.417 e. The fourth-order valence-corrected chi connectivity index (χ4v) is 3.80. The van der Waals surface area contributed by atoms with Gasteiger partial charge in [-0.05, 0) is 40.8 Å². The highest BCUT2D eigenvalue weighted by Gasteiger charge is 2.37. The number of H-pyrrole nitrogens is 1. The topological polar surface area (TPSA) is 101 Å². The Morgan fingerprint density at radius 1 is 1.12 bits per heavy atom. The molecule has 26 heavy (non-hydrogen) atoms. The lowest BCUT2D eigenvalue weighted by Gasteiger charge is -2.15. The van der Waals surface area contributed by atoms with Crippen LogP contribution < -0.4 is 4.72 Å². The SMILES string of the molecule is O=S(=O)(Nc1cccc(-c2nnn[nH]2)c1)c1ccc(Br)cc1C(F)(F)F. The lowest BCUT2D eigenvalue weighted by molar-refractivity contribution is -0.139. The van der Waals surface area contributed by atoms with Gasteiger partial charge >= 0.3 is 6.18 Å². The summed E-state index contributed by atoms with van der Waals surface area (Å²) in [5.41, 5.74) is -0.744. The number of tetrazole rings is 1. The van der Waals surface area contributed by atoms with Gasteiger partial charge in [0.25, 0.3) is 10.0 Å². The molecule has 0 saturated carbocycles. The minimum absolute atomic E-state index is 0.0648. The number of nitrogens with one attached hydrogen (secondary N) is 2. The predicted octanol–water partition coefficient (Wildman–Crippen LogP) is 3.45. The molecule has 3 rings (SSSR count). The van der Waals surface area contributed by atoms with Crippen molar-refractivity contribution in [2.24, 2.45) is 0 Å². The molecule has 0 radical (unpaired) electrons. The molecule has 2 aromatic carbocycles. The summed E-state index contributed by atoms with van der Waals surface area (Å²) in [7, 11) is -4.48. The number of rotatable bonds is 4. The van der Waals surface area contributed by atoms with E-state index in [9.17, 15) is 21.6 Å². The Morgan fingerprint density at radius 2 is 1.88 bits per heavy atom. The van der Waals surface area contributed by atoms with Crippen LogP contribution in [0.4, 0.5) is 18.9 Å². The summed E-state index contributed by atoms with van der Waals surface area (Å²) in [6.07, 6.45) is -4.83. The highest BCUT2D eigenvalue weighted by Crippen LogP contribution is 2.36. The predicted molar refractivity (Wildman–Crippen MR) is 89.6 cm³/mol. The van der Waals surface area contributed by atoms with Crippen molar-refractivity contribution in [3.8, 4) is 11.4 Å². The summed E-state index contributed by atoms with van der Waals surface area (Å²) >= 11 is 2.92. The monoisotopic (exact) mass is 447 g/mol. The standard InChI is InChI=1S/C14H9BrF3N5O2S/c15-9-4-5-12(11(7-9)14(16,17)18)26(24,25)21-10-3-1-2-8(6-10)13-19-22-23-20-13/h1-7,21H,(H,19,20,22,23). The van der Waals surface area contributed by atoms with Crippen LogP contribution in [0.5, 0.6) is 0 Å². The van der Waals surface area contributed by atoms with E-state index in [-0.39, 0.29) is 16.0 Å². The summed E-state index contributed by atoms with van der Waals surface area (Å²) in [6, 6.07) is 8.75. The molecule has 0 spiro atoms. The first-order valence-corrected chi connectivity index (χ1v) is 9.18. The number of hydrogen-bond acceptors (Lipinski definition) is 5. The van der Waals surface area contributed by atoms with Gasteiger partial charge < -0.3 is 0 Å². The number of hydrogen-bond donors (Lipinski definition) is 2. The molecule has 2 N–H and O–H groups in total. The first-order valence-electron chi connectivity index (χ1n) is 6.90. The zero-order valence-electron chi connectivity index (χ0n) is 12.6. The maximum Gasteiger partial charge on any atom is 0.417 e. The Morgan fingerprint density at radius 3 is 2.54 bits per heavy atom. The fourth-order valence-electron chi connectivity index (χ4n) is 2.18. The molecule has 0 fully saturated rings. The Kier molecular flexibility index (Phi) is 4.71. The normalized spacial score (nSPS) is 12.2. The third kappa shape index (κ3) is 3.85. The van der Waals surface area contributed by atoms with Gasteiger partial charge in [0.2, 0.25) is 0 Å². The molecule has 0 atom stereocenters. The van der Waals surface area contributed by atoms with Crippen LogP contribution in [0, 0.1) is 0 Å². The highest BCUT2D eigenvalue weighted by molar-refractivity contribution is 9.10.